The van der Waals surface area contributed by atoms with Crippen LogP contribution in [0.4, 0.5) is 15.9 Å². The summed E-state index contributed by atoms with van der Waals surface area (Å²) in [5, 5.41) is 6.02. The molecule has 5 nitrogen and oxygen atoms in total. The predicted molar refractivity (Wildman–Crippen MR) is 108 cm³/mol. The smallest absolute Gasteiger partial charge is 0.228 e. The molecule has 0 aliphatic carbocycles. The number of carbonyl (C=O) groups excluding carboxylic acids is 1. The zero-order valence-corrected chi connectivity index (χ0v) is 15.6. The Kier molecular flexibility index (Phi) is 6.57. The van der Waals surface area contributed by atoms with E-state index in [1.54, 1.807) is 31.5 Å². The standard InChI is InChI=1S/C22H22FN3O2/c1-28-20-7-3-4-16(13-20)10-11-24-21-9-8-19(15-25-21)26-22(27)14-17-5-2-6-18(23)12-17/h2-9,12-13,15H,10-11,14H2,1H3,(H,24,25)(H,26,27). The fourth-order valence-electron chi connectivity index (χ4n) is 2.77. The third-order valence-electron chi connectivity index (χ3n) is 4.15. The van der Waals surface area contributed by atoms with Crippen molar-refractivity contribution >= 4 is 17.4 Å². The summed E-state index contributed by atoms with van der Waals surface area (Å²) in [5.74, 6) is 1.00. The molecule has 0 spiro atoms. The van der Waals surface area contributed by atoms with E-state index in [2.05, 4.69) is 21.7 Å². The molecule has 0 radical (unpaired) electrons. The lowest BCUT2D eigenvalue weighted by atomic mass is 10.1. The summed E-state index contributed by atoms with van der Waals surface area (Å²) < 4.78 is 18.4. The molecule has 0 saturated heterocycles. The number of rotatable bonds is 8. The highest BCUT2D eigenvalue weighted by atomic mass is 19.1. The minimum atomic E-state index is -0.351. The number of pyridine rings is 1. The molecule has 6 heteroatoms. The van der Waals surface area contributed by atoms with Gasteiger partial charge in [0.15, 0.2) is 0 Å². The summed E-state index contributed by atoms with van der Waals surface area (Å²) in [7, 11) is 1.65. The molecule has 3 rings (SSSR count). The van der Waals surface area contributed by atoms with Gasteiger partial charge in [0.25, 0.3) is 0 Å². The molecular formula is C22H22FN3O2. The summed E-state index contributed by atoms with van der Waals surface area (Å²) in [4.78, 5) is 16.4. The fraction of sp³-hybridized carbons (Fsp3) is 0.182. The molecule has 1 aromatic heterocycles. The highest BCUT2D eigenvalue weighted by Gasteiger charge is 2.06. The van der Waals surface area contributed by atoms with Crippen molar-refractivity contribution in [3.05, 3.63) is 83.8 Å². The van der Waals surface area contributed by atoms with Crippen LogP contribution in [0.3, 0.4) is 0 Å². The molecule has 0 aliphatic heterocycles. The molecule has 28 heavy (non-hydrogen) atoms. The first kappa shape index (κ1) is 19.4. The van der Waals surface area contributed by atoms with Crippen molar-refractivity contribution in [2.75, 3.05) is 24.3 Å². The van der Waals surface area contributed by atoms with Gasteiger partial charge in [0.1, 0.15) is 17.4 Å². The molecule has 0 bridgehead atoms. The minimum absolute atomic E-state index is 0.109. The highest BCUT2D eigenvalue weighted by Crippen LogP contribution is 2.14. The van der Waals surface area contributed by atoms with Gasteiger partial charge in [-0.3, -0.25) is 4.79 Å². The SMILES string of the molecule is COc1cccc(CCNc2ccc(NC(=O)Cc3cccc(F)c3)cn2)c1. The Balaban J connectivity index is 1.47. The number of halogens is 1. The topological polar surface area (TPSA) is 63.2 Å². The van der Waals surface area contributed by atoms with Crippen LogP contribution in [0.5, 0.6) is 5.75 Å². The van der Waals surface area contributed by atoms with Gasteiger partial charge < -0.3 is 15.4 Å². The highest BCUT2D eigenvalue weighted by molar-refractivity contribution is 5.92. The maximum atomic E-state index is 13.2. The lowest BCUT2D eigenvalue weighted by Gasteiger charge is -2.09. The van der Waals surface area contributed by atoms with E-state index in [0.29, 0.717) is 11.3 Å². The van der Waals surface area contributed by atoms with Crippen LogP contribution in [-0.2, 0) is 17.6 Å². The summed E-state index contributed by atoms with van der Waals surface area (Å²) in [6, 6.07) is 17.5. The van der Waals surface area contributed by atoms with Crippen LogP contribution in [0.25, 0.3) is 0 Å². The lowest BCUT2D eigenvalue weighted by molar-refractivity contribution is -0.115. The van der Waals surface area contributed by atoms with Crippen LogP contribution in [-0.4, -0.2) is 24.5 Å². The first-order valence-corrected chi connectivity index (χ1v) is 8.99. The number of amides is 1. The number of hydrogen-bond donors (Lipinski definition) is 2. The average Bonchev–Trinajstić information content (AvgIpc) is 2.69. The van der Waals surface area contributed by atoms with Gasteiger partial charge in [-0.25, -0.2) is 9.37 Å². The van der Waals surface area contributed by atoms with E-state index >= 15 is 0 Å². The second-order valence-corrected chi connectivity index (χ2v) is 6.32. The lowest BCUT2D eigenvalue weighted by Crippen LogP contribution is -2.15. The van der Waals surface area contributed by atoms with Crippen molar-refractivity contribution in [3.8, 4) is 5.75 Å². The Bertz CT molecular complexity index is 929. The van der Waals surface area contributed by atoms with Crippen molar-refractivity contribution in [1.29, 1.82) is 0 Å². The summed E-state index contributed by atoms with van der Waals surface area (Å²) in [6.45, 7) is 0.728. The van der Waals surface area contributed by atoms with Crippen LogP contribution < -0.4 is 15.4 Å². The van der Waals surface area contributed by atoms with Crippen molar-refractivity contribution in [2.45, 2.75) is 12.8 Å². The second-order valence-electron chi connectivity index (χ2n) is 6.32. The normalized spacial score (nSPS) is 10.4. The van der Waals surface area contributed by atoms with Crippen LogP contribution >= 0.6 is 0 Å². The number of ether oxygens (including phenoxy) is 1. The minimum Gasteiger partial charge on any atom is -0.497 e. The van der Waals surface area contributed by atoms with E-state index in [1.165, 1.54) is 17.7 Å². The fourth-order valence-corrected chi connectivity index (χ4v) is 2.77. The van der Waals surface area contributed by atoms with E-state index in [9.17, 15) is 9.18 Å². The third-order valence-corrected chi connectivity index (χ3v) is 4.15. The number of nitrogens with one attached hydrogen (secondary N) is 2. The molecule has 0 saturated carbocycles. The number of anilines is 2. The maximum absolute atomic E-state index is 13.2. The van der Waals surface area contributed by atoms with Gasteiger partial charge in [0.05, 0.1) is 25.4 Å². The maximum Gasteiger partial charge on any atom is 0.228 e. The third kappa shape index (κ3) is 5.81. The average molecular weight is 379 g/mol. The van der Waals surface area contributed by atoms with Gasteiger partial charge in [-0.1, -0.05) is 24.3 Å². The molecule has 0 atom stereocenters. The predicted octanol–water partition coefficient (Wildman–Crippen LogP) is 4.07. The van der Waals surface area contributed by atoms with Crippen LogP contribution in [0, 0.1) is 5.82 Å². The van der Waals surface area contributed by atoms with Gasteiger partial charge >= 0.3 is 0 Å². The van der Waals surface area contributed by atoms with Crippen LogP contribution in [0.15, 0.2) is 66.9 Å². The zero-order chi connectivity index (χ0) is 19.8. The molecule has 0 unspecified atom stereocenters. The number of aromatic nitrogens is 1. The Morgan fingerprint density at radius 2 is 1.89 bits per heavy atom. The number of methoxy groups -OCH3 is 1. The van der Waals surface area contributed by atoms with Gasteiger partial charge in [-0.15, -0.1) is 0 Å². The van der Waals surface area contributed by atoms with Crippen molar-refractivity contribution < 1.29 is 13.9 Å². The van der Waals surface area contributed by atoms with E-state index < -0.39 is 0 Å². The van der Waals surface area contributed by atoms with Crippen LogP contribution in [0.1, 0.15) is 11.1 Å². The summed E-state index contributed by atoms with van der Waals surface area (Å²) in [6.07, 6.45) is 2.54. The Morgan fingerprint density at radius 1 is 1.07 bits per heavy atom. The molecule has 144 valence electrons. The monoisotopic (exact) mass is 379 g/mol. The largest absolute Gasteiger partial charge is 0.497 e. The number of benzene rings is 2. The molecule has 1 amide bonds. The first-order valence-electron chi connectivity index (χ1n) is 8.99. The van der Waals surface area contributed by atoms with E-state index in [0.717, 1.165) is 24.5 Å². The molecule has 2 aromatic carbocycles. The molecule has 1 heterocycles. The van der Waals surface area contributed by atoms with E-state index in [-0.39, 0.29) is 18.1 Å². The Labute approximate surface area is 163 Å². The van der Waals surface area contributed by atoms with E-state index in [1.807, 2.05) is 24.3 Å². The van der Waals surface area contributed by atoms with Crippen molar-refractivity contribution in [1.82, 2.24) is 4.98 Å². The molecule has 2 N–H and O–H groups in total. The van der Waals surface area contributed by atoms with Gasteiger partial charge in [0, 0.05) is 6.54 Å². The van der Waals surface area contributed by atoms with Gasteiger partial charge in [0.2, 0.25) is 5.91 Å². The second kappa shape index (κ2) is 9.50. The quantitative estimate of drug-likeness (QED) is 0.619. The van der Waals surface area contributed by atoms with Gasteiger partial charge in [-0.05, 0) is 53.9 Å². The molecule has 0 fully saturated rings. The molecule has 0 aliphatic rings. The Morgan fingerprint density at radius 3 is 2.64 bits per heavy atom. The summed E-state index contributed by atoms with van der Waals surface area (Å²) in [5.41, 5.74) is 2.40. The van der Waals surface area contributed by atoms with E-state index in [4.69, 9.17) is 4.74 Å². The Hall–Kier alpha value is -3.41. The molecular weight excluding hydrogens is 357 g/mol. The number of nitrogens with zero attached hydrogens (tertiary/aromatic N) is 1. The first-order chi connectivity index (χ1) is 13.6. The zero-order valence-electron chi connectivity index (χ0n) is 15.6. The van der Waals surface area contributed by atoms with Crippen molar-refractivity contribution in [2.24, 2.45) is 0 Å². The van der Waals surface area contributed by atoms with Crippen LogP contribution in [0.2, 0.25) is 0 Å². The van der Waals surface area contributed by atoms with Crippen molar-refractivity contribution in [3.63, 3.8) is 0 Å². The summed E-state index contributed by atoms with van der Waals surface area (Å²) >= 11 is 0. The van der Waals surface area contributed by atoms with Gasteiger partial charge in [-0.2, -0.15) is 0 Å². The number of hydrogen-bond acceptors (Lipinski definition) is 4. The number of carbonyl (C=O) groups is 1. The molecule has 3 aromatic rings.